The summed E-state index contributed by atoms with van der Waals surface area (Å²) >= 11 is 0. The SMILES string of the molecule is CC(=O)N1/C(=C/c2cc(N3CCC(C#N)CC3)c3cc(C(=O)N4CCOCC4)ccc3n2)C(=O)c2ccccc21. The zero-order valence-electron chi connectivity index (χ0n) is 22.3. The fourth-order valence-electron chi connectivity index (χ4n) is 5.73. The van der Waals surface area contributed by atoms with Gasteiger partial charge in [0.1, 0.15) is 0 Å². The second-order valence-corrected chi connectivity index (χ2v) is 10.3. The molecule has 2 aromatic carbocycles. The summed E-state index contributed by atoms with van der Waals surface area (Å²) in [6.45, 7) is 4.99. The number of nitriles is 1. The first-order valence-electron chi connectivity index (χ1n) is 13.6. The number of rotatable bonds is 3. The number of pyridine rings is 1. The Kier molecular flexibility index (Phi) is 6.78. The highest BCUT2D eigenvalue weighted by Crippen LogP contribution is 2.37. The minimum atomic E-state index is -0.254. The summed E-state index contributed by atoms with van der Waals surface area (Å²) < 4.78 is 5.40. The normalized spacial score (nSPS) is 18.8. The Balaban J connectivity index is 1.44. The quantitative estimate of drug-likeness (QED) is 0.466. The minimum absolute atomic E-state index is 0.0168. The van der Waals surface area contributed by atoms with Gasteiger partial charge in [0.15, 0.2) is 0 Å². The monoisotopic (exact) mass is 535 g/mol. The highest BCUT2D eigenvalue weighted by molar-refractivity contribution is 6.26. The number of amides is 2. The van der Waals surface area contributed by atoms with E-state index in [1.807, 2.05) is 18.2 Å². The van der Waals surface area contributed by atoms with Crippen LogP contribution in [-0.4, -0.2) is 66.9 Å². The summed E-state index contributed by atoms with van der Waals surface area (Å²) in [5.41, 5.74) is 4.00. The average Bonchev–Trinajstić information content (AvgIpc) is 3.27. The van der Waals surface area contributed by atoms with E-state index in [9.17, 15) is 19.6 Å². The Hall–Kier alpha value is -4.55. The molecule has 0 atom stereocenters. The molecule has 6 rings (SSSR count). The van der Waals surface area contributed by atoms with Crippen LogP contribution in [0, 0.1) is 17.2 Å². The van der Waals surface area contributed by atoms with Gasteiger partial charge in [0.2, 0.25) is 11.7 Å². The van der Waals surface area contributed by atoms with Gasteiger partial charge in [-0.3, -0.25) is 19.3 Å². The summed E-state index contributed by atoms with van der Waals surface area (Å²) in [6, 6.07) is 16.9. The van der Waals surface area contributed by atoms with Gasteiger partial charge in [-0.2, -0.15) is 5.26 Å². The van der Waals surface area contributed by atoms with Gasteiger partial charge in [-0.1, -0.05) is 12.1 Å². The first kappa shape index (κ1) is 25.7. The van der Waals surface area contributed by atoms with Gasteiger partial charge < -0.3 is 14.5 Å². The fourth-order valence-corrected chi connectivity index (χ4v) is 5.73. The molecular weight excluding hydrogens is 506 g/mol. The number of morpholine rings is 1. The van der Waals surface area contributed by atoms with Crippen LogP contribution in [0.4, 0.5) is 11.4 Å². The lowest BCUT2D eigenvalue weighted by Gasteiger charge is -2.32. The van der Waals surface area contributed by atoms with Crippen LogP contribution in [0.3, 0.4) is 0 Å². The van der Waals surface area contributed by atoms with E-state index < -0.39 is 0 Å². The van der Waals surface area contributed by atoms with Crippen molar-refractivity contribution in [1.29, 1.82) is 5.26 Å². The lowest BCUT2D eigenvalue weighted by atomic mass is 9.97. The molecule has 3 aromatic rings. The smallest absolute Gasteiger partial charge is 0.254 e. The predicted molar refractivity (Wildman–Crippen MR) is 151 cm³/mol. The molecule has 9 heteroatoms. The molecule has 9 nitrogen and oxygen atoms in total. The molecule has 40 heavy (non-hydrogen) atoms. The molecule has 202 valence electrons. The maximum Gasteiger partial charge on any atom is 0.254 e. The van der Waals surface area contributed by atoms with Crippen molar-refractivity contribution in [2.24, 2.45) is 5.92 Å². The van der Waals surface area contributed by atoms with Crippen LogP contribution in [0.15, 0.2) is 54.2 Å². The van der Waals surface area contributed by atoms with Gasteiger partial charge >= 0.3 is 0 Å². The Bertz CT molecular complexity index is 1590. The van der Waals surface area contributed by atoms with Crippen LogP contribution in [0.5, 0.6) is 0 Å². The predicted octanol–water partition coefficient (Wildman–Crippen LogP) is 4.04. The van der Waals surface area contributed by atoms with E-state index in [1.54, 1.807) is 41.3 Å². The Labute approximate surface area is 232 Å². The average molecular weight is 536 g/mol. The van der Waals surface area contributed by atoms with Crippen molar-refractivity contribution in [3.05, 3.63) is 71.0 Å². The molecule has 0 spiro atoms. The summed E-state index contributed by atoms with van der Waals surface area (Å²) in [5, 5.41) is 10.2. The number of aromatic nitrogens is 1. The lowest BCUT2D eigenvalue weighted by Crippen LogP contribution is -2.40. The van der Waals surface area contributed by atoms with Crippen molar-refractivity contribution in [1.82, 2.24) is 9.88 Å². The number of hydrogen-bond donors (Lipinski definition) is 0. The molecule has 2 fully saturated rings. The molecule has 4 heterocycles. The third kappa shape index (κ3) is 4.61. The van der Waals surface area contributed by atoms with Crippen molar-refractivity contribution in [3.8, 4) is 6.07 Å². The van der Waals surface area contributed by atoms with Crippen LogP contribution in [0.25, 0.3) is 17.0 Å². The number of allylic oxidation sites excluding steroid dienone is 1. The van der Waals surface area contributed by atoms with Crippen molar-refractivity contribution in [3.63, 3.8) is 0 Å². The van der Waals surface area contributed by atoms with Crippen molar-refractivity contribution in [2.45, 2.75) is 19.8 Å². The van der Waals surface area contributed by atoms with E-state index in [-0.39, 0.29) is 29.2 Å². The van der Waals surface area contributed by atoms with Crippen LogP contribution in [0.2, 0.25) is 0 Å². The number of benzene rings is 2. The second kappa shape index (κ2) is 10.5. The molecule has 0 N–H and O–H groups in total. The number of hydrogen-bond acceptors (Lipinski definition) is 7. The molecule has 2 amide bonds. The Morgan fingerprint density at radius 3 is 2.50 bits per heavy atom. The highest BCUT2D eigenvalue weighted by Gasteiger charge is 2.34. The Morgan fingerprint density at radius 1 is 1.02 bits per heavy atom. The number of nitrogens with zero attached hydrogens (tertiary/aromatic N) is 5. The number of ketones is 1. The lowest BCUT2D eigenvalue weighted by molar-refractivity contribution is -0.116. The first-order valence-corrected chi connectivity index (χ1v) is 13.6. The summed E-state index contributed by atoms with van der Waals surface area (Å²) in [5.74, 6) is -0.508. The third-order valence-corrected chi connectivity index (χ3v) is 7.83. The molecule has 3 aliphatic heterocycles. The van der Waals surface area contributed by atoms with Crippen molar-refractivity contribution < 1.29 is 19.1 Å². The topological polar surface area (TPSA) is 107 Å². The zero-order valence-corrected chi connectivity index (χ0v) is 22.3. The number of para-hydroxylation sites is 1. The summed E-state index contributed by atoms with van der Waals surface area (Å²) in [6.07, 6.45) is 3.16. The van der Waals surface area contributed by atoms with Crippen LogP contribution in [-0.2, 0) is 9.53 Å². The largest absolute Gasteiger partial charge is 0.378 e. The van der Waals surface area contributed by atoms with E-state index in [2.05, 4.69) is 11.0 Å². The van der Waals surface area contributed by atoms with Crippen molar-refractivity contribution >= 4 is 46.0 Å². The maximum absolute atomic E-state index is 13.3. The van der Waals surface area contributed by atoms with Crippen molar-refractivity contribution in [2.75, 3.05) is 49.2 Å². The second-order valence-electron chi connectivity index (χ2n) is 10.3. The number of fused-ring (bicyclic) bond motifs is 2. The molecule has 0 radical (unpaired) electrons. The Morgan fingerprint density at radius 2 is 1.77 bits per heavy atom. The first-order chi connectivity index (χ1) is 19.4. The van der Waals surface area contributed by atoms with Gasteiger partial charge in [-0.25, -0.2) is 4.98 Å². The van der Waals surface area contributed by atoms with Gasteiger partial charge in [0, 0.05) is 61.2 Å². The van der Waals surface area contributed by atoms with E-state index >= 15 is 0 Å². The number of carbonyl (C=O) groups excluding carboxylic acids is 3. The van der Waals surface area contributed by atoms with Gasteiger partial charge in [-0.05, 0) is 55.3 Å². The number of piperidine rings is 1. The van der Waals surface area contributed by atoms with E-state index in [1.165, 1.54) is 11.8 Å². The number of carbonyl (C=O) groups is 3. The van der Waals surface area contributed by atoms with Crippen LogP contribution in [0.1, 0.15) is 46.2 Å². The van der Waals surface area contributed by atoms with E-state index in [0.717, 1.165) is 23.9 Å². The fraction of sp³-hybridized carbons (Fsp3) is 0.323. The molecule has 2 saturated heterocycles. The number of Topliss-reactive ketones (excluding diaryl/α,β-unsaturated/α-hetero) is 1. The number of anilines is 2. The standard InChI is InChI=1S/C31H29N5O4/c1-20(37)36-27-5-3-2-4-24(27)30(38)29(36)18-23-17-28(34-10-8-21(19-32)9-11-34)25-16-22(6-7-26(25)33-23)31(39)35-12-14-40-15-13-35/h2-7,16-18,21H,8-15H2,1H3/b29-18+. The zero-order chi connectivity index (χ0) is 27.8. The van der Waals surface area contributed by atoms with E-state index in [0.29, 0.717) is 67.4 Å². The van der Waals surface area contributed by atoms with Crippen LogP contribution >= 0.6 is 0 Å². The maximum atomic E-state index is 13.3. The molecule has 1 aromatic heterocycles. The minimum Gasteiger partial charge on any atom is -0.378 e. The highest BCUT2D eigenvalue weighted by atomic mass is 16.5. The van der Waals surface area contributed by atoms with Gasteiger partial charge in [0.05, 0.1) is 41.9 Å². The molecule has 0 unspecified atom stereocenters. The molecule has 0 saturated carbocycles. The molecule has 0 bridgehead atoms. The van der Waals surface area contributed by atoms with Gasteiger partial charge in [0.25, 0.3) is 5.91 Å². The van der Waals surface area contributed by atoms with E-state index in [4.69, 9.17) is 9.72 Å². The number of ether oxygens (including phenoxy) is 1. The third-order valence-electron chi connectivity index (χ3n) is 7.83. The van der Waals surface area contributed by atoms with Gasteiger partial charge in [-0.15, -0.1) is 0 Å². The molecular formula is C31H29N5O4. The summed E-state index contributed by atoms with van der Waals surface area (Å²) in [4.78, 5) is 49.5. The summed E-state index contributed by atoms with van der Waals surface area (Å²) in [7, 11) is 0. The molecule has 3 aliphatic rings. The molecule has 0 aliphatic carbocycles. The van der Waals surface area contributed by atoms with Crippen LogP contribution < -0.4 is 9.80 Å².